The summed E-state index contributed by atoms with van der Waals surface area (Å²) in [4.78, 5) is 26.4. The van der Waals surface area contributed by atoms with Gasteiger partial charge in [0.25, 0.3) is 0 Å². The minimum absolute atomic E-state index is 0.0703. The number of nitrogens with zero attached hydrogens (tertiary/aromatic N) is 4. The molecule has 1 fully saturated rings. The van der Waals surface area contributed by atoms with Crippen molar-refractivity contribution in [3.63, 3.8) is 0 Å². The van der Waals surface area contributed by atoms with Crippen LogP contribution in [0.1, 0.15) is 27.3 Å². The van der Waals surface area contributed by atoms with Crippen LogP contribution in [0, 0.1) is 19.7 Å². The van der Waals surface area contributed by atoms with E-state index in [4.69, 9.17) is 4.74 Å². The van der Waals surface area contributed by atoms with E-state index in [9.17, 15) is 4.79 Å². The van der Waals surface area contributed by atoms with Crippen LogP contribution in [0.2, 0.25) is 0 Å². The Labute approximate surface area is 183 Å². The highest BCUT2D eigenvalue weighted by atomic mass is 19.1. The number of halogens is 1. The number of rotatable bonds is 5. The number of hydrogen-bond acceptors (Lipinski definition) is 6. The zero-order valence-corrected chi connectivity index (χ0v) is 17.9. The molecule has 0 saturated carbocycles. The zero-order valence-electron chi connectivity index (χ0n) is 17.9. The van der Waals surface area contributed by atoms with Gasteiger partial charge >= 0.3 is 0 Å². The van der Waals surface area contributed by atoms with Gasteiger partial charge in [-0.15, -0.1) is 0 Å². The van der Waals surface area contributed by atoms with Crippen molar-refractivity contribution in [3.8, 4) is 11.3 Å². The quantitative estimate of drug-likeness (QED) is 0.467. The van der Waals surface area contributed by atoms with Gasteiger partial charge in [-0.2, -0.15) is 5.10 Å². The predicted molar refractivity (Wildman–Crippen MR) is 118 cm³/mol. The number of nitrogens with one attached hydrogen (secondary N) is 2. The van der Waals surface area contributed by atoms with Gasteiger partial charge in [0.1, 0.15) is 11.3 Å². The van der Waals surface area contributed by atoms with Gasteiger partial charge in [0.2, 0.25) is 0 Å². The van der Waals surface area contributed by atoms with Gasteiger partial charge in [-0.25, -0.2) is 14.4 Å². The molecule has 0 aromatic carbocycles. The lowest BCUT2D eigenvalue weighted by molar-refractivity contribution is 0.0987. The van der Waals surface area contributed by atoms with Crippen LogP contribution < -0.4 is 4.90 Å². The minimum atomic E-state index is -0.374. The molecule has 1 aliphatic rings. The van der Waals surface area contributed by atoms with Crippen LogP contribution in [0.25, 0.3) is 22.3 Å². The summed E-state index contributed by atoms with van der Waals surface area (Å²) >= 11 is 0. The lowest BCUT2D eigenvalue weighted by atomic mass is 10.0. The zero-order chi connectivity index (χ0) is 22.2. The van der Waals surface area contributed by atoms with Gasteiger partial charge in [0, 0.05) is 54.1 Å². The number of ketones is 1. The number of aromatic amines is 2. The molecule has 8 nitrogen and oxygen atoms in total. The number of H-pyrrole nitrogens is 2. The molecule has 5 rings (SSSR count). The van der Waals surface area contributed by atoms with E-state index >= 15 is 4.39 Å². The van der Waals surface area contributed by atoms with E-state index in [0.717, 1.165) is 22.2 Å². The van der Waals surface area contributed by atoms with Crippen molar-refractivity contribution in [2.45, 2.75) is 20.3 Å². The Hall–Kier alpha value is -3.59. The van der Waals surface area contributed by atoms with Crippen LogP contribution >= 0.6 is 0 Å². The van der Waals surface area contributed by atoms with E-state index in [-0.39, 0.29) is 18.0 Å². The third kappa shape index (κ3) is 3.64. The highest BCUT2D eigenvalue weighted by Gasteiger charge is 2.21. The third-order valence-corrected chi connectivity index (χ3v) is 5.88. The van der Waals surface area contributed by atoms with Gasteiger partial charge in [0.15, 0.2) is 17.4 Å². The van der Waals surface area contributed by atoms with E-state index in [2.05, 4.69) is 25.1 Å². The van der Waals surface area contributed by atoms with Crippen molar-refractivity contribution in [1.82, 2.24) is 25.1 Å². The van der Waals surface area contributed by atoms with E-state index < -0.39 is 0 Å². The lowest BCUT2D eigenvalue weighted by Gasteiger charge is -2.28. The molecule has 164 valence electrons. The van der Waals surface area contributed by atoms with Crippen molar-refractivity contribution in [2.75, 3.05) is 31.2 Å². The Bertz CT molecular complexity index is 1310. The molecule has 0 spiro atoms. The first kappa shape index (κ1) is 20.3. The molecule has 0 atom stereocenters. The highest BCUT2D eigenvalue weighted by Crippen LogP contribution is 2.30. The van der Waals surface area contributed by atoms with Gasteiger partial charge < -0.3 is 14.6 Å². The molecular formula is C23H23FN6O2. The molecule has 4 aromatic heterocycles. The van der Waals surface area contributed by atoms with Crippen LogP contribution in [0.15, 0.2) is 30.6 Å². The molecule has 4 aromatic rings. The average molecular weight is 434 g/mol. The maximum absolute atomic E-state index is 15.3. The second kappa shape index (κ2) is 8.16. The first-order chi connectivity index (χ1) is 15.5. The fraction of sp³-hybridized carbons (Fsp3) is 0.304. The first-order valence-electron chi connectivity index (χ1n) is 10.5. The molecule has 1 saturated heterocycles. The number of Topliss-reactive ketones (excluding diaryl/α,β-unsaturated/α-hetero) is 1. The molecule has 0 amide bonds. The van der Waals surface area contributed by atoms with E-state index in [0.29, 0.717) is 54.7 Å². The molecule has 1 aliphatic heterocycles. The second-order valence-corrected chi connectivity index (χ2v) is 7.98. The van der Waals surface area contributed by atoms with E-state index in [1.807, 2.05) is 30.9 Å². The summed E-state index contributed by atoms with van der Waals surface area (Å²) in [6, 6.07) is 5.40. The molecule has 9 heteroatoms. The predicted octanol–water partition coefficient (Wildman–Crippen LogP) is 3.37. The minimum Gasteiger partial charge on any atom is -0.378 e. The molecule has 0 radical (unpaired) electrons. The van der Waals surface area contributed by atoms with Crippen molar-refractivity contribution >= 4 is 22.6 Å². The van der Waals surface area contributed by atoms with Crippen LogP contribution in [-0.4, -0.2) is 57.2 Å². The summed E-state index contributed by atoms with van der Waals surface area (Å²) in [6.07, 6.45) is 3.47. The Morgan fingerprint density at radius 3 is 2.78 bits per heavy atom. The van der Waals surface area contributed by atoms with Crippen LogP contribution in [-0.2, 0) is 11.2 Å². The van der Waals surface area contributed by atoms with E-state index in [1.165, 1.54) is 0 Å². The van der Waals surface area contributed by atoms with Crippen LogP contribution in [0.5, 0.6) is 0 Å². The van der Waals surface area contributed by atoms with Crippen molar-refractivity contribution in [1.29, 1.82) is 0 Å². The number of carbonyl (C=O) groups excluding carboxylic acids is 1. The SMILES string of the molecule is Cc1[nH]nc(C(=O)Cc2cnc3[nH]c(-c4ccnc(N5CCOCC5)c4F)cc3c2)c1C. The lowest BCUT2D eigenvalue weighted by Crippen LogP contribution is -2.37. The molecule has 5 heterocycles. The number of aryl methyl sites for hydroxylation is 1. The molecular weight excluding hydrogens is 411 g/mol. The number of pyridine rings is 2. The van der Waals surface area contributed by atoms with Crippen LogP contribution in [0.3, 0.4) is 0 Å². The maximum atomic E-state index is 15.3. The number of anilines is 1. The van der Waals surface area contributed by atoms with Gasteiger partial charge in [-0.1, -0.05) is 0 Å². The summed E-state index contributed by atoms with van der Waals surface area (Å²) < 4.78 is 20.7. The maximum Gasteiger partial charge on any atom is 0.187 e. The largest absolute Gasteiger partial charge is 0.378 e. The summed E-state index contributed by atoms with van der Waals surface area (Å²) in [5.74, 6) is -0.117. The smallest absolute Gasteiger partial charge is 0.187 e. The standard InChI is InChI=1S/C23H23FN6O2/c1-13-14(2)28-29-21(13)19(31)10-15-9-16-11-18(27-22(16)26-12-15)17-3-4-25-23(20(17)24)30-5-7-32-8-6-30/h3-4,9,11-12H,5-8,10H2,1-2H3,(H,26,27)(H,28,29). The van der Waals surface area contributed by atoms with Crippen molar-refractivity contribution in [2.24, 2.45) is 0 Å². The Kier molecular flexibility index (Phi) is 5.18. The topological polar surface area (TPSA) is 99.8 Å². The number of morpholine rings is 1. The Morgan fingerprint density at radius 2 is 2.03 bits per heavy atom. The number of ether oxygens (including phenoxy) is 1. The molecule has 32 heavy (non-hydrogen) atoms. The number of aromatic nitrogens is 5. The fourth-order valence-corrected chi connectivity index (χ4v) is 3.96. The first-order valence-corrected chi connectivity index (χ1v) is 10.5. The summed E-state index contributed by atoms with van der Waals surface area (Å²) in [7, 11) is 0. The summed E-state index contributed by atoms with van der Waals surface area (Å²) in [6.45, 7) is 6.08. The molecule has 2 N–H and O–H groups in total. The van der Waals surface area contributed by atoms with Gasteiger partial charge in [0.05, 0.1) is 18.9 Å². The second-order valence-electron chi connectivity index (χ2n) is 7.98. The Morgan fingerprint density at radius 1 is 1.22 bits per heavy atom. The van der Waals surface area contributed by atoms with Gasteiger partial charge in [-0.3, -0.25) is 9.89 Å². The molecule has 0 unspecified atom stereocenters. The highest BCUT2D eigenvalue weighted by molar-refractivity contribution is 5.97. The monoisotopic (exact) mass is 434 g/mol. The van der Waals surface area contributed by atoms with Crippen LogP contribution in [0.4, 0.5) is 10.2 Å². The molecule has 0 aliphatic carbocycles. The van der Waals surface area contributed by atoms with E-state index in [1.54, 1.807) is 18.5 Å². The van der Waals surface area contributed by atoms with Crippen molar-refractivity contribution < 1.29 is 13.9 Å². The average Bonchev–Trinajstić information content (AvgIpc) is 3.37. The number of carbonyl (C=O) groups is 1. The Balaban J connectivity index is 1.43. The van der Waals surface area contributed by atoms with Crippen molar-refractivity contribution in [3.05, 3.63) is 58.9 Å². The number of hydrogen-bond donors (Lipinski definition) is 2. The van der Waals surface area contributed by atoms with Gasteiger partial charge in [-0.05, 0) is 37.6 Å². The fourth-order valence-electron chi connectivity index (χ4n) is 3.96. The third-order valence-electron chi connectivity index (χ3n) is 5.88. The molecule has 0 bridgehead atoms. The normalized spacial score (nSPS) is 14.3. The summed E-state index contributed by atoms with van der Waals surface area (Å²) in [5.41, 5.74) is 4.64. The summed E-state index contributed by atoms with van der Waals surface area (Å²) in [5, 5.41) is 7.77. The number of fused-ring (bicyclic) bond motifs is 1.